The highest BCUT2D eigenvalue weighted by molar-refractivity contribution is 5.92. The van der Waals surface area contributed by atoms with Crippen molar-refractivity contribution in [2.24, 2.45) is 45.3 Å². The summed E-state index contributed by atoms with van der Waals surface area (Å²) in [4.78, 5) is 44.1. The smallest absolute Gasteiger partial charge is 0.339 e. The predicted molar refractivity (Wildman–Crippen MR) is 211 cm³/mol. The maximum Gasteiger partial charge on any atom is 0.339 e. The molecule has 5 aliphatic heterocycles. The van der Waals surface area contributed by atoms with Gasteiger partial charge in [-0.1, -0.05) is 51.9 Å². The zero-order chi connectivity index (χ0) is 41.2. The molecule has 0 radical (unpaired) electrons. The van der Waals surface area contributed by atoms with E-state index in [1.165, 1.54) is 0 Å². The molecule has 0 aromatic carbocycles. The minimum absolute atomic E-state index is 0.0454. The summed E-state index contributed by atoms with van der Waals surface area (Å²) in [7, 11) is 0. The van der Waals surface area contributed by atoms with Gasteiger partial charge >= 0.3 is 11.9 Å². The van der Waals surface area contributed by atoms with Gasteiger partial charge in [0, 0.05) is 47.5 Å². The first-order valence-electron chi connectivity index (χ1n) is 23.1. The van der Waals surface area contributed by atoms with E-state index in [0.717, 1.165) is 77.4 Å². The molecule has 13 nitrogen and oxygen atoms in total. The number of epoxide rings is 1. The van der Waals surface area contributed by atoms with Crippen LogP contribution in [0.25, 0.3) is 0 Å². The van der Waals surface area contributed by atoms with E-state index >= 15 is 4.79 Å². The number of ether oxygens (including phenoxy) is 4. The fraction of sp³-hybridized carbons (Fsp3) is 0.848. The second-order valence-corrected chi connectivity index (χ2v) is 21.0. The van der Waals surface area contributed by atoms with Gasteiger partial charge in [0.2, 0.25) is 0 Å². The SMILES string of the molecule is CC1(C)OC2C3(CCCC3)C(=O)OCC23C1C(=O)C(O)C1(C2CCCCC2)C3CCC2(C)C(c3ccoc3CC(CCCCC3CNCN3)C(O)CO)OC(=O)C3OC321. The molecule has 13 atom stereocenters. The van der Waals surface area contributed by atoms with E-state index in [-0.39, 0.29) is 42.7 Å². The van der Waals surface area contributed by atoms with Crippen LogP contribution in [0, 0.1) is 45.3 Å². The van der Waals surface area contributed by atoms with Crippen molar-refractivity contribution in [3.8, 4) is 0 Å². The molecule has 6 heterocycles. The summed E-state index contributed by atoms with van der Waals surface area (Å²) in [6.07, 6.45) is 9.56. The number of unbranched alkanes of at least 4 members (excludes halogenated alkanes) is 1. The Hall–Kier alpha value is -2.39. The zero-order valence-electron chi connectivity index (χ0n) is 35.2. The molecule has 9 fully saturated rings. The normalized spacial score (nSPS) is 44.2. The number of carbonyl (C=O) groups is 3. The van der Waals surface area contributed by atoms with Gasteiger partial charge in [-0.25, -0.2) is 4.79 Å². The Morgan fingerprint density at radius 1 is 0.949 bits per heavy atom. The van der Waals surface area contributed by atoms with Gasteiger partial charge in [-0.3, -0.25) is 9.59 Å². The van der Waals surface area contributed by atoms with Crippen LogP contribution in [0.5, 0.6) is 0 Å². The molecule has 9 aliphatic rings. The summed E-state index contributed by atoms with van der Waals surface area (Å²) in [5, 5.41) is 41.2. The van der Waals surface area contributed by atoms with Crippen LogP contribution in [-0.2, 0) is 39.8 Å². The third-order valence-electron chi connectivity index (χ3n) is 18.1. The Balaban J connectivity index is 1.06. The molecule has 13 heteroatoms. The first-order valence-corrected chi connectivity index (χ1v) is 23.1. The number of ketones is 1. The van der Waals surface area contributed by atoms with Crippen LogP contribution >= 0.6 is 0 Å². The second kappa shape index (κ2) is 14.3. The molecule has 3 spiro atoms. The maximum atomic E-state index is 15.5. The third kappa shape index (κ3) is 5.36. The first-order chi connectivity index (χ1) is 28.3. The molecule has 5 N–H and O–H groups in total. The van der Waals surface area contributed by atoms with E-state index in [1.54, 1.807) is 6.26 Å². The van der Waals surface area contributed by atoms with Gasteiger partial charge in [-0.15, -0.1) is 0 Å². The van der Waals surface area contributed by atoms with Gasteiger partial charge < -0.3 is 49.3 Å². The van der Waals surface area contributed by atoms with Crippen molar-refractivity contribution in [1.29, 1.82) is 0 Å². The lowest BCUT2D eigenvalue weighted by Gasteiger charge is -2.70. The number of hydrogen-bond donors (Lipinski definition) is 5. The number of carbonyl (C=O) groups excluding carboxylic acids is 3. The largest absolute Gasteiger partial charge is 0.469 e. The van der Waals surface area contributed by atoms with Crippen LogP contribution in [0.1, 0.15) is 135 Å². The van der Waals surface area contributed by atoms with Gasteiger partial charge in [0.25, 0.3) is 0 Å². The van der Waals surface area contributed by atoms with Gasteiger partial charge in [0.05, 0.1) is 42.0 Å². The molecule has 0 amide bonds. The average Bonchev–Trinajstić information content (AvgIpc) is 3.70. The van der Waals surface area contributed by atoms with E-state index in [1.807, 2.05) is 19.9 Å². The summed E-state index contributed by atoms with van der Waals surface area (Å²) in [6, 6.07) is 2.29. The Morgan fingerprint density at radius 2 is 1.73 bits per heavy atom. The monoisotopic (exact) mass is 822 g/mol. The lowest BCUT2D eigenvalue weighted by molar-refractivity contribution is -0.284. The predicted octanol–water partition coefficient (Wildman–Crippen LogP) is 4.43. The lowest BCUT2D eigenvalue weighted by Crippen LogP contribution is -2.79. The summed E-state index contributed by atoms with van der Waals surface area (Å²) >= 11 is 0. The summed E-state index contributed by atoms with van der Waals surface area (Å²) in [5.74, 6) is -1.87. The van der Waals surface area contributed by atoms with E-state index in [2.05, 4.69) is 17.6 Å². The number of rotatable bonds is 11. The van der Waals surface area contributed by atoms with Crippen LogP contribution in [0.3, 0.4) is 0 Å². The molecule has 13 unspecified atom stereocenters. The topological polar surface area (TPSA) is 189 Å². The second-order valence-electron chi connectivity index (χ2n) is 21.0. The van der Waals surface area contributed by atoms with E-state index in [0.29, 0.717) is 55.9 Å². The van der Waals surface area contributed by atoms with E-state index in [4.69, 9.17) is 23.4 Å². The van der Waals surface area contributed by atoms with Gasteiger partial charge in [0.1, 0.15) is 30.2 Å². The van der Waals surface area contributed by atoms with Crippen LogP contribution in [0.2, 0.25) is 0 Å². The molecular formula is C46H66N2O11. The molecule has 59 heavy (non-hydrogen) atoms. The Morgan fingerprint density at radius 3 is 2.46 bits per heavy atom. The Labute approximate surface area is 347 Å². The highest BCUT2D eigenvalue weighted by Gasteiger charge is 2.93. The Bertz CT molecular complexity index is 1810. The minimum Gasteiger partial charge on any atom is -0.469 e. The number of hydrogen-bond acceptors (Lipinski definition) is 13. The summed E-state index contributed by atoms with van der Waals surface area (Å²) in [5.41, 5.74) is -5.32. The van der Waals surface area contributed by atoms with Gasteiger partial charge in [-0.05, 0) is 89.0 Å². The van der Waals surface area contributed by atoms with Crippen molar-refractivity contribution in [2.45, 2.75) is 171 Å². The highest BCUT2D eigenvalue weighted by Crippen LogP contribution is 2.83. The standard InChI is InChI=1S/C46H66N2O11/c1-41(2)34-33(51)35(52)45(27-12-5-4-6-13-27)32(44(34)24-56-40(54)43(39(44)59-41)17-9-10-18-43)15-19-42(3)36(57-38(53)37-46(42,45)58-37)29-16-20-55-31(29)21-26(30(50)23-49)11-7-8-14-28-22-47-25-48-28/h16,20,26-28,30,32,34-37,39,47-50,52H,4-15,17-19,21-25H2,1-3H3. The number of nitrogens with one attached hydrogen (secondary N) is 2. The number of esters is 2. The van der Waals surface area contributed by atoms with Crippen molar-refractivity contribution in [3.05, 3.63) is 23.7 Å². The van der Waals surface area contributed by atoms with Crippen molar-refractivity contribution in [2.75, 3.05) is 26.4 Å². The summed E-state index contributed by atoms with van der Waals surface area (Å²) in [6.45, 7) is 7.46. The average molecular weight is 823 g/mol. The maximum absolute atomic E-state index is 15.5. The number of aliphatic hydroxyl groups excluding tert-OH is 3. The molecule has 1 aromatic heterocycles. The lowest BCUT2D eigenvalue weighted by atomic mass is 9.32. The van der Waals surface area contributed by atoms with Crippen LogP contribution in [-0.4, -0.2) is 101 Å². The molecule has 10 rings (SSSR count). The molecule has 4 saturated carbocycles. The van der Waals surface area contributed by atoms with E-state index in [9.17, 15) is 24.9 Å². The fourth-order valence-corrected chi connectivity index (χ4v) is 15.9. The highest BCUT2D eigenvalue weighted by atomic mass is 16.7. The number of Topliss-reactive ketones (excluding diaryl/α,β-unsaturated/α-hetero) is 1. The number of cyclic esters (lactones) is 2. The van der Waals surface area contributed by atoms with E-state index < -0.39 is 75.3 Å². The molecule has 4 aliphatic carbocycles. The molecular weight excluding hydrogens is 757 g/mol. The number of fused-ring (bicyclic) bond motifs is 2. The van der Waals surface area contributed by atoms with Crippen LogP contribution < -0.4 is 10.6 Å². The zero-order valence-corrected chi connectivity index (χ0v) is 35.2. The van der Waals surface area contributed by atoms with Crippen LogP contribution in [0.15, 0.2) is 16.7 Å². The van der Waals surface area contributed by atoms with Crippen molar-refractivity contribution in [3.63, 3.8) is 0 Å². The Kier molecular flexibility index (Phi) is 9.87. The minimum atomic E-state index is -1.43. The number of aliphatic hydroxyl groups is 3. The molecule has 326 valence electrons. The third-order valence-corrected chi connectivity index (χ3v) is 18.1. The van der Waals surface area contributed by atoms with Crippen LogP contribution in [0.4, 0.5) is 0 Å². The molecule has 1 aromatic rings. The fourth-order valence-electron chi connectivity index (χ4n) is 15.9. The van der Waals surface area contributed by atoms with Gasteiger partial charge in [-0.2, -0.15) is 0 Å². The molecule has 5 saturated heterocycles. The molecule has 0 bridgehead atoms. The van der Waals surface area contributed by atoms with Crippen molar-refractivity contribution in [1.82, 2.24) is 10.6 Å². The first kappa shape index (κ1) is 40.7. The summed E-state index contributed by atoms with van der Waals surface area (Å²) < 4.78 is 33.2. The van der Waals surface area contributed by atoms with Gasteiger partial charge in [0.15, 0.2) is 11.9 Å². The quantitative estimate of drug-likeness (QED) is 0.120. The van der Waals surface area contributed by atoms with Crippen molar-refractivity contribution < 1.29 is 53.1 Å². The van der Waals surface area contributed by atoms with Crippen molar-refractivity contribution >= 4 is 17.7 Å². The number of furan rings is 1.